The van der Waals surface area contributed by atoms with Crippen LogP contribution in [0.1, 0.15) is 200 Å². The molecule has 0 aromatic heterocycles. The lowest BCUT2D eigenvalue weighted by molar-refractivity contribution is 0.448. The quantitative estimate of drug-likeness (QED) is 0.0919. The second-order valence-corrected chi connectivity index (χ2v) is 10.9. The fourth-order valence-electron chi connectivity index (χ4n) is 5.12. The standard InChI is InChI=1S/C32H65F/c1-2-3-4-5-6-7-8-9-10-11-12-13-14-15-16-17-18-19-20-21-22-23-24-25-26-27-28-29-30-31-32-33/h2-32H2,1H3. The molecule has 0 aliphatic heterocycles. The Morgan fingerprint density at radius 2 is 0.394 bits per heavy atom. The van der Waals surface area contributed by atoms with E-state index < -0.39 is 0 Å². The average Bonchev–Trinajstić information content (AvgIpc) is 2.83. The molecule has 0 saturated carbocycles. The van der Waals surface area contributed by atoms with Gasteiger partial charge in [-0.05, 0) is 6.42 Å². The minimum atomic E-state index is -0.125. The molecule has 0 amide bonds. The van der Waals surface area contributed by atoms with Gasteiger partial charge in [-0.15, -0.1) is 0 Å². The molecule has 200 valence electrons. The summed E-state index contributed by atoms with van der Waals surface area (Å²) in [6.45, 7) is 2.18. The van der Waals surface area contributed by atoms with Gasteiger partial charge >= 0.3 is 0 Å². The highest BCUT2D eigenvalue weighted by atomic mass is 19.1. The van der Waals surface area contributed by atoms with E-state index in [4.69, 9.17) is 0 Å². The van der Waals surface area contributed by atoms with Crippen LogP contribution in [0.5, 0.6) is 0 Å². The largest absolute Gasteiger partial charge is 0.251 e. The van der Waals surface area contributed by atoms with E-state index in [-0.39, 0.29) is 6.67 Å². The maximum absolute atomic E-state index is 12.0. The van der Waals surface area contributed by atoms with Crippen LogP contribution < -0.4 is 0 Å². The Balaban J connectivity index is 2.99. The van der Waals surface area contributed by atoms with Gasteiger partial charge in [0, 0.05) is 0 Å². The van der Waals surface area contributed by atoms with E-state index in [1.165, 1.54) is 180 Å². The molecule has 0 heterocycles. The van der Waals surface area contributed by atoms with Crippen LogP contribution >= 0.6 is 0 Å². The van der Waals surface area contributed by atoms with Crippen LogP contribution in [0.2, 0.25) is 0 Å². The van der Waals surface area contributed by atoms with Gasteiger partial charge in [0.2, 0.25) is 0 Å². The Labute approximate surface area is 210 Å². The average molecular weight is 469 g/mol. The van der Waals surface area contributed by atoms with Gasteiger partial charge in [0.25, 0.3) is 0 Å². The Bertz CT molecular complexity index is 284. The molecule has 0 unspecified atom stereocenters. The third-order valence-electron chi connectivity index (χ3n) is 7.49. The SMILES string of the molecule is CCCCCCCCCCCCCCCCCCCCCCCCCCCCCCCCF. The first-order chi connectivity index (χ1) is 16.4. The highest BCUT2D eigenvalue weighted by molar-refractivity contribution is 4.52. The van der Waals surface area contributed by atoms with Gasteiger partial charge in [-0.25, -0.2) is 0 Å². The summed E-state index contributed by atoms with van der Waals surface area (Å²) in [5.74, 6) is 0. The third-order valence-corrected chi connectivity index (χ3v) is 7.49. The molecule has 0 aliphatic carbocycles. The van der Waals surface area contributed by atoms with Crippen molar-refractivity contribution in [3.05, 3.63) is 0 Å². The van der Waals surface area contributed by atoms with Crippen LogP contribution in [0.3, 0.4) is 0 Å². The topological polar surface area (TPSA) is 0 Å². The van der Waals surface area contributed by atoms with E-state index in [0.717, 1.165) is 12.8 Å². The predicted molar refractivity (Wildman–Crippen MR) is 150 cm³/mol. The predicted octanol–water partition coefficient (Wildman–Crippen LogP) is 12.7. The first kappa shape index (κ1) is 32.9. The van der Waals surface area contributed by atoms with Crippen molar-refractivity contribution in [1.82, 2.24) is 0 Å². The van der Waals surface area contributed by atoms with Crippen molar-refractivity contribution >= 4 is 0 Å². The molecule has 0 saturated heterocycles. The Morgan fingerprint density at radius 3 is 0.545 bits per heavy atom. The molecule has 0 aromatic carbocycles. The monoisotopic (exact) mass is 469 g/mol. The summed E-state index contributed by atoms with van der Waals surface area (Å²) in [7, 11) is 0. The summed E-state index contributed by atoms with van der Waals surface area (Å²) in [5.41, 5.74) is 0. The summed E-state index contributed by atoms with van der Waals surface area (Å²) in [6, 6.07) is 0. The molecular formula is C32H65F. The maximum Gasteiger partial charge on any atom is 0.0894 e. The number of rotatable bonds is 30. The zero-order chi connectivity index (χ0) is 23.9. The van der Waals surface area contributed by atoms with Crippen molar-refractivity contribution in [2.45, 2.75) is 200 Å². The van der Waals surface area contributed by atoms with Crippen LogP contribution in [0.15, 0.2) is 0 Å². The molecule has 0 aliphatic rings. The van der Waals surface area contributed by atoms with Gasteiger partial charge in [-0.2, -0.15) is 0 Å². The molecule has 0 fully saturated rings. The number of hydrogen-bond donors (Lipinski definition) is 0. The highest BCUT2D eigenvalue weighted by Gasteiger charge is 1.96. The third kappa shape index (κ3) is 31.9. The van der Waals surface area contributed by atoms with E-state index in [0.29, 0.717) is 0 Å². The molecule has 0 rings (SSSR count). The van der Waals surface area contributed by atoms with E-state index in [1.54, 1.807) is 0 Å². The van der Waals surface area contributed by atoms with Gasteiger partial charge in [0.15, 0.2) is 0 Å². The van der Waals surface area contributed by atoms with Crippen LogP contribution in [0.25, 0.3) is 0 Å². The van der Waals surface area contributed by atoms with Crippen molar-refractivity contribution in [3.8, 4) is 0 Å². The van der Waals surface area contributed by atoms with Crippen LogP contribution in [0, 0.1) is 0 Å². The molecular weight excluding hydrogens is 403 g/mol. The molecule has 0 bridgehead atoms. The van der Waals surface area contributed by atoms with Crippen molar-refractivity contribution in [3.63, 3.8) is 0 Å². The van der Waals surface area contributed by atoms with Crippen molar-refractivity contribution in [1.29, 1.82) is 0 Å². The molecule has 0 spiro atoms. The van der Waals surface area contributed by atoms with Crippen LogP contribution in [0.4, 0.5) is 4.39 Å². The minimum Gasteiger partial charge on any atom is -0.251 e. The molecule has 0 atom stereocenters. The smallest absolute Gasteiger partial charge is 0.0894 e. The lowest BCUT2D eigenvalue weighted by Gasteiger charge is -2.04. The van der Waals surface area contributed by atoms with E-state index >= 15 is 0 Å². The maximum atomic E-state index is 12.0. The molecule has 0 nitrogen and oxygen atoms in total. The first-order valence-electron chi connectivity index (χ1n) is 16.0. The van der Waals surface area contributed by atoms with Crippen molar-refractivity contribution in [2.75, 3.05) is 6.67 Å². The minimum absolute atomic E-state index is 0.125. The summed E-state index contributed by atoms with van der Waals surface area (Å²) < 4.78 is 12.0. The van der Waals surface area contributed by atoms with Crippen molar-refractivity contribution in [2.24, 2.45) is 0 Å². The summed E-state index contributed by atoms with van der Waals surface area (Å²) in [6.07, 6.45) is 42.3. The number of hydrogen-bond acceptors (Lipinski definition) is 0. The number of halogens is 1. The van der Waals surface area contributed by atoms with Gasteiger partial charge in [0.05, 0.1) is 6.67 Å². The van der Waals surface area contributed by atoms with Gasteiger partial charge in [-0.1, -0.05) is 193 Å². The lowest BCUT2D eigenvalue weighted by Crippen LogP contribution is -1.85. The van der Waals surface area contributed by atoms with E-state index in [2.05, 4.69) is 6.92 Å². The fourth-order valence-corrected chi connectivity index (χ4v) is 5.12. The van der Waals surface area contributed by atoms with Gasteiger partial charge in [0.1, 0.15) is 0 Å². The molecule has 33 heavy (non-hydrogen) atoms. The fraction of sp³-hybridized carbons (Fsp3) is 1.00. The molecule has 1 heteroatoms. The summed E-state index contributed by atoms with van der Waals surface area (Å²) in [4.78, 5) is 0. The second kappa shape index (κ2) is 31.9. The summed E-state index contributed by atoms with van der Waals surface area (Å²) >= 11 is 0. The molecule has 0 aromatic rings. The molecule has 0 N–H and O–H groups in total. The Morgan fingerprint density at radius 1 is 0.242 bits per heavy atom. The highest BCUT2D eigenvalue weighted by Crippen LogP contribution is 2.16. The van der Waals surface area contributed by atoms with Crippen molar-refractivity contribution < 1.29 is 4.39 Å². The number of unbranched alkanes of at least 4 members (excludes halogenated alkanes) is 29. The Hall–Kier alpha value is -0.0700. The molecule has 0 radical (unpaired) electrons. The summed E-state index contributed by atoms with van der Waals surface area (Å²) in [5, 5.41) is 0. The van der Waals surface area contributed by atoms with E-state index in [9.17, 15) is 4.39 Å². The zero-order valence-electron chi connectivity index (χ0n) is 23.3. The van der Waals surface area contributed by atoms with E-state index in [1.807, 2.05) is 0 Å². The normalized spacial score (nSPS) is 11.5. The van der Waals surface area contributed by atoms with Crippen LogP contribution in [-0.4, -0.2) is 6.67 Å². The first-order valence-corrected chi connectivity index (χ1v) is 16.0. The van der Waals surface area contributed by atoms with Gasteiger partial charge in [-0.3, -0.25) is 4.39 Å². The Kier molecular flexibility index (Phi) is 31.9. The van der Waals surface area contributed by atoms with Gasteiger partial charge < -0.3 is 0 Å². The number of alkyl halides is 1. The second-order valence-electron chi connectivity index (χ2n) is 10.9. The zero-order valence-corrected chi connectivity index (χ0v) is 23.3. The lowest BCUT2D eigenvalue weighted by atomic mass is 10.0. The van der Waals surface area contributed by atoms with Crippen LogP contribution in [-0.2, 0) is 0 Å².